The molecule has 8 heteroatoms. The van der Waals surface area contributed by atoms with Gasteiger partial charge in [0.2, 0.25) is 0 Å². The average Bonchev–Trinajstić information content (AvgIpc) is 3.63. The van der Waals surface area contributed by atoms with Crippen molar-refractivity contribution in [2.24, 2.45) is 5.73 Å². The van der Waals surface area contributed by atoms with E-state index in [0.29, 0.717) is 28.8 Å². The van der Waals surface area contributed by atoms with Gasteiger partial charge in [-0.15, -0.1) is 0 Å². The first kappa shape index (κ1) is 24.7. The van der Waals surface area contributed by atoms with E-state index in [1.807, 2.05) is 85.8 Å². The molecule has 4 N–H and O–H groups in total. The Kier molecular flexibility index (Phi) is 7.30. The summed E-state index contributed by atoms with van der Waals surface area (Å²) in [6.45, 7) is 2.72. The van der Waals surface area contributed by atoms with Crippen LogP contribution in [0, 0.1) is 6.92 Å². The lowest BCUT2D eigenvalue weighted by molar-refractivity contribution is 0.0955. The summed E-state index contributed by atoms with van der Waals surface area (Å²) in [7, 11) is 0. The first-order chi connectivity index (χ1) is 18.0. The van der Waals surface area contributed by atoms with Crippen molar-refractivity contribution in [3.8, 4) is 11.3 Å². The van der Waals surface area contributed by atoms with Crippen LogP contribution in [0.3, 0.4) is 0 Å². The van der Waals surface area contributed by atoms with Gasteiger partial charge in [-0.1, -0.05) is 78.1 Å². The minimum Gasteiger partial charge on any atom is -0.347 e. The number of hydrogen-bond acceptors (Lipinski definition) is 5. The molecule has 3 amide bonds. The number of urea groups is 1. The topological polar surface area (TPSA) is 100 Å². The van der Waals surface area contributed by atoms with Gasteiger partial charge in [0, 0.05) is 24.7 Å². The van der Waals surface area contributed by atoms with Crippen molar-refractivity contribution in [1.29, 1.82) is 0 Å². The zero-order valence-corrected chi connectivity index (χ0v) is 21.4. The van der Waals surface area contributed by atoms with Crippen molar-refractivity contribution in [2.45, 2.75) is 38.9 Å². The van der Waals surface area contributed by atoms with Crippen LogP contribution in [0.15, 0.2) is 78.9 Å². The number of rotatable bonds is 8. The maximum atomic E-state index is 13.5. The van der Waals surface area contributed by atoms with E-state index in [1.54, 1.807) is 4.90 Å². The summed E-state index contributed by atoms with van der Waals surface area (Å²) < 4.78 is 0. The Morgan fingerprint density at radius 1 is 1.00 bits per heavy atom. The van der Waals surface area contributed by atoms with E-state index in [4.69, 9.17) is 10.7 Å². The standard InChI is InChI=1S/C29H29N5O2S/c1-19-8-5-6-13-24(19)34(28(36)32-23-14-15-23)29-33-25(22-12-7-11-21(16-22)17-30)26(37-29)27(35)31-18-20-9-3-2-4-10-20/h2-13,16,23H,14-15,17-18,30H2,1H3,(H,31,35)(H,32,36). The molecule has 0 unspecified atom stereocenters. The van der Waals surface area contributed by atoms with Gasteiger partial charge < -0.3 is 16.4 Å². The second-order valence-corrected chi connectivity index (χ2v) is 10.1. The minimum atomic E-state index is -0.246. The molecule has 1 aliphatic carbocycles. The highest BCUT2D eigenvalue weighted by Gasteiger charge is 2.31. The molecule has 5 rings (SSSR count). The number of para-hydroxylation sites is 1. The molecule has 0 aliphatic heterocycles. The monoisotopic (exact) mass is 511 g/mol. The van der Waals surface area contributed by atoms with E-state index in [-0.39, 0.29) is 18.0 Å². The number of nitrogens with zero attached hydrogens (tertiary/aromatic N) is 2. The third kappa shape index (κ3) is 5.71. The summed E-state index contributed by atoms with van der Waals surface area (Å²) in [5.74, 6) is -0.243. The van der Waals surface area contributed by atoms with Crippen LogP contribution in [-0.4, -0.2) is 23.0 Å². The zero-order valence-electron chi connectivity index (χ0n) is 20.6. The zero-order chi connectivity index (χ0) is 25.8. The lowest BCUT2D eigenvalue weighted by Gasteiger charge is -2.22. The summed E-state index contributed by atoms with van der Waals surface area (Å²) in [4.78, 5) is 33.8. The molecule has 0 bridgehead atoms. The van der Waals surface area contributed by atoms with Gasteiger partial charge in [0.05, 0.1) is 11.4 Å². The van der Waals surface area contributed by atoms with Crippen LogP contribution in [0.1, 0.15) is 39.2 Å². The van der Waals surface area contributed by atoms with Crippen molar-refractivity contribution in [3.05, 3.63) is 100 Å². The van der Waals surface area contributed by atoms with Gasteiger partial charge in [-0.2, -0.15) is 0 Å². The number of nitrogens with one attached hydrogen (secondary N) is 2. The van der Waals surface area contributed by atoms with Crippen molar-refractivity contribution < 1.29 is 9.59 Å². The molecule has 3 aromatic carbocycles. The molecule has 1 aliphatic rings. The number of carbonyl (C=O) groups excluding carboxylic acids is 2. The molecule has 1 saturated carbocycles. The second-order valence-electron chi connectivity index (χ2n) is 9.09. The van der Waals surface area contributed by atoms with Gasteiger partial charge in [-0.3, -0.25) is 4.79 Å². The first-order valence-corrected chi connectivity index (χ1v) is 13.1. The summed E-state index contributed by atoms with van der Waals surface area (Å²) in [5, 5.41) is 6.53. The molecule has 1 fully saturated rings. The molecule has 4 aromatic rings. The number of carbonyl (C=O) groups is 2. The maximum absolute atomic E-state index is 13.5. The Labute approximate surface area is 220 Å². The summed E-state index contributed by atoms with van der Waals surface area (Å²) in [5.41, 5.74) is 10.8. The highest BCUT2D eigenvalue weighted by Crippen LogP contribution is 2.38. The Morgan fingerprint density at radius 3 is 2.46 bits per heavy atom. The maximum Gasteiger partial charge on any atom is 0.328 e. The van der Waals surface area contributed by atoms with Gasteiger partial charge in [0.15, 0.2) is 5.13 Å². The van der Waals surface area contributed by atoms with Gasteiger partial charge in [-0.25, -0.2) is 14.7 Å². The van der Waals surface area contributed by atoms with Crippen LogP contribution in [0.4, 0.5) is 15.6 Å². The fourth-order valence-electron chi connectivity index (χ4n) is 4.04. The Balaban J connectivity index is 1.57. The van der Waals surface area contributed by atoms with Crippen LogP contribution >= 0.6 is 11.3 Å². The number of thiazole rings is 1. The molecule has 7 nitrogen and oxygen atoms in total. The highest BCUT2D eigenvalue weighted by molar-refractivity contribution is 7.18. The van der Waals surface area contributed by atoms with E-state index >= 15 is 0 Å². The number of hydrogen-bond donors (Lipinski definition) is 3. The predicted molar refractivity (Wildman–Crippen MR) is 148 cm³/mol. The molecule has 0 atom stereocenters. The van der Waals surface area contributed by atoms with Gasteiger partial charge >= 0.3 is 6.03 Å². The lowest BCUT2D eigenvalue weighted by atomic mass is 10.1. The lowest BCUT2D eigenvalue weighted by Crippen LogP contribution is -2.38. The molecule has 0 spiro atoms. The fourth-order valence-corrected chi connectivity index (χ4v) is 5.06. The van der Waals surface area contributed by atoms with Crippen LogP contribution in [0.2, 0.25) is 0 Å². The van der Waals surface area contributed by atoms with Crippen LogP contribution in [-0.2, 0) is 13.1 Å². The molecular formula is C29H29N5O2S. The summed E-state index contributed by atoms with van der Waals surface area (Å²) >= 11 is 1.21. The molecule has 188 valence electrons. The third-order valence-electron chi connectivity index (χ3n) is 6.21. The number of amides is 3. The average molecular weight is 512 g/mol. The van der Waals surface area contributed by atoms with Gasteiger partial charge in [0.25, 0.3) is 5.91 Å². The normalized spacial score (nSPS) is 12.7. The first-order valence-electron chi connectivity index (χ1n) is 12.3. The number of nitrogens with two attached hydrogens (primary N) is 1. The SMILES string of the molecule is Cc1ccccc1N(C(=O)NC1CC1)c1nc(-c2cccc(CN)c2)c(C(=O)NCc2ccccc2)s1. The molecule has 0 radical (unpaired) electrons. The van der Waals surface area contributed by atoms with E-state index in [2.05, 4.69) is 10.6 Å². The second kappa shape index (κ2) is 10.9. The van der Waals surface area contributed by atoms with Crippen molar-refractivity contribution in [3.63, 3.8) is 0 Å². The smallest absolute Gasteiger partial charge is 0.328 e. The molecule has 1 heterocycles. The fraction of sp³-hybridized carbons (Fsp3) is 0.207. The van der Waals surface area contributed by atoms with Gasteiger partial charge in [0.1, 0.15) is 4.88 Å². The quantitative estimate of drug-likeness (QED) is 0.290. The highest BCUT2D eigenvalue weighted by atomic mass is 32.1. The summed E-state index contributed by atoms with van der Waals surface area (Å²) in [6.07, 6.45) is 1.94. The van der Waals surface area contributed by atoms with Crippen LogP contribution < -0.4 is 21.3 Å². The van der Waals surface area contributed by atoms with Crippen molar-refractivity contribution in [2.75, 3.05) is 4.90 Å². The Bertz CT molecular complexity index is 1410. The Morgan fingerprint density at radius 2 is 1.73 bits per heavy atom. The van der Waals surface area contributed by atoms with Crippen LogP contribution in [0.5, 0.6) is 0 Å². The van der Waals surface area contributed by atoms with E-state index in [9.17, 15) is 9.59 Å². The number of benzene rings is 3. The number of aromatic nitrogens is 1. The van der Waals surface area contributed by atoms with E-state index in [0.717, 1.165) is 40.8 Å². The van der Waals surface area contributed by atoms with Crippen LogP contribution in [0.25, 0.3) is 11.3 Å². The van der Waals surface area contributed by atoms with Crippen molar-refractivity contribution in [1.82, 2.24) is 15.6 Å². The third-order valence-corrected chi connectivity index (χ3v) is 7.25. The minimum absolute atomic E-state index is 0.174. The summed E-state index contributed by atoms with van der Waals surface area (Å²) in [6, 6.07) is 25.1. The molecule has 1 aromatic heterocycles. The van der Waals surface area contributed by atoms with E-state index < -0.39 is 0 Å². The Hall–Kier alpha value is -4.01. The van der Waals surface area contributed by atoms with Crippen molar-refractivity contribution >= 4 is 34.1 Å². The molecule has 37 heavy (non-hydrogen) atoms. The number of aryl methyl sites for hydroxylation is 1. The molecular weight excluding hydrogens is 482 g/mol. The number of anilines is 2. The largest absolute Gasteiger partial charge is 0.347 e. The van der Waals surface area contributed by atoms with E-state index in [1.165, 1.54) is 11.3 Å². The molecule has 0 saturated heterocycles. The predicted octanol–water partition coefficient (Wildman–Crippen LogP) is 5.52. The van der Waals surface area contributed by atoms with Gasteiger partial charge in [-0.05, 0) is 48.6 Å².